The first-order valence-electron chi connectivity index (χ1n) is 5.52. The standard InChI is InChI=1S/C13H12Cl2N2O3/c1-2-3-10(12(16)19)17-13(20)11(18)7-4-8(14)6-9(15)5-7/h1,4-6,10-11,18H,3H2,(H2,16,19)(H,17,20)/t10-,11+/m0/s1. The van der Waals surface area contributed by atoms with Gasteiger partial charge in [-0.15, -0.1) is 12.3 Å². The van der Waals surface area contributed by atoms with Crippen LogP contribution in [0.25, 0.3) is 0 Å². The van der Waals surface area contributed by atoms with Crippen molar-refractivity contribution in [3.8, 4) is 12.3 Å². The molecule has 0 aromatic heterocycles. The molecule has 0 fully saturated rings. The van der Waals surface area contributed by atoms with Crippen molar-refractivity contribution in [1.29, 1.82) is 0 Å². The molecule has 0 heterocycles. The van der Waals surface area contributed by atoms with Gasteiger partial charge in [0.2, 0.25) is 5.91 Å². The maximum atomic E-state index is 11.8. The number of hydrogen-bond donors (Lipinski definition) is 3. The van der Waals surface area contributed by atoms with Crippen molar-refractivity contribution in [2.24, 2.45) is 5.73 Å². The number of aliphatic hydroxyl groups excluding tert-OH is 1. The van der Waals surface area contributed by atoms with E-state index >= 15 is 0 Å². The van der Waals surface area contributed by atoms with E-state index in [0.717, 1.165) is 0 Å². The van der Waals surface area contributed by atoms with Crippen LogP contribution in [0.5, 0.6) is 0 Å². The summed E-state index contributed by atoms with van der Waals surface area (Å²) in [5.74, 6) is 0.610. The van der Waals surface area contributed by atoms with Crippen LogP contribution in [0.4, 0.5) is 0 Å². The normalized spacial score (nSPS) is 13.1. The van der Waals surface area contributed by atoms with E-state index in [1.807, 2.05) is 0 Å². The molecule has 1 rings (SSSR count). The van der Waals surface area contributed by atoms with Crippen molar-refractivity contribution < 1.29 is 14.7 Å². The average molecular weight is 315 g/mol. The van der Waals surface area contributed by atoms with Crippen LogP contribution in [0.3, 0.4) is 0 Å². The summed E-state index contributed by atoms with van der Waals surface area (Å²) in [7, 11) is 0. The molecular formula is C13H12Cl2N2O3. The minimum atomic E-state index is -1.54. The van der Waals surface area contributed by atoms with Crippen molar-refractivity contribution in [2.45, 2.75) is 18.6 Å². The lowest BCUT2D eigenvalue weighted by Crippen LogP contribution is -2.45. The molecule has 5 nitrogen and oxygen atoms in total. The monoisotopic (exact) mass is 314 g/mol. The van der Waals surface area contributed by atoms with Gasteiger partial charge < -0.3 is 16.2 Å². The third-order valence-electron chi connectivity index (χ3n) is 2.43. The minimum absolute atomic E-state index is 0.0654. The summed E-state index contributed by atoms with van der Waals surface area (Å²) in [5, 5.41) is 12.7. The molecule has 0 aliphatic rings. The van der Waals surface area contributed by atoms with Crippen LogP contribution in [-0.2, 0) is 9.59 Å². The van der Waals surface area contributed by atoms with Gasteiger partial charge in [-0.25, -0.2) is 0 Å². The van der Waals surface area contributed by atoms with Crippen LogP contribution in [-0.4, -0.2) is 23.0 Å². The lowest BCUT2D eigenvalue weighted by molar-refractivity contribution is -0.133. The summed E-state index contributed by atoms with van der Waals surface area (Å²) < 4.78 is 0. The van der Waals surface area contributed by atoms with Gasteiger partial charge in [0.1, 0.15) is 6.04 Å². The Balaban J connectivity index is 2.86. The van der Waals surface area contributed by atoms with Gasteiger partial charge in [-0.05, 0) is 23.8 Å². The van der Waals surface area contributed by atoms with E-state index in [-0.39, 0.29) is 22.0 Å². The number of halogens is 2. The first-order valence-corrected chi connectivity index (χ1v) is 6.28. The fourth-order valence-electron chi connectivity index (χ4n) is 1.48. The number of benzene rings is 1. The molecule has 4 N–H and O–H groups in total. The van der Waals surface area contributed by atoms with E-state index < -0.39 is 24.0 Å². The number of amides is 2. The smallest absolute Gasteiger partial charge is 0.254 e. The second-order valence-corrected chi connectivity index (χ2v) is 4.85. The fraction of sp³-hybridized carbons (Fsp3) is 0.231. The van der Waals surface area contributed by atoms with E-state index in [1.165, 1.54) is 18.2 Å². The summed E-state index contributed by atoms with van der Waals surface area (Å²) in [4.78, 5) is 22.9. The van der Waals surface area contributed by atoms with Gasteiger partial charge in [0.05, 0.1) is 0 Å². The van der Waals surface area contributed by atoms with Crippen molar-refractivity contribution in [2.75, 3.05) is 0 Å². The molecule has 2 amide bonds. The Bertz CT molecular complexity index is 549. The number of terminal acetylenes is 1. The van der Waals surface area contributed by atoms with Gasteiger partial charge in [0.15, 0.2) is 6.10 Å². The van der Waals surface area contributed by atoms with E-state index in [9.17, 15) is 14.7 Å². The number of rotatable bonds is 5. The van der Waals surface area contributed by atoms with E-state index in [1.54, 1.807) is 0 Å². The predicted molar refractivity (Wildman–Crippen MR) is 76.0 cm³/mol. The molecule has 0 radical (unpaired) electrons. The number of nitrogens with two attached hydrogens (primary N) is 1. The van der Waals surface area contributed by atoms with Crippen LogP contribution in [0.15, 0.2) is 18.2 Å². The van der Waals surface area contributed by atoms with Gasteiger partial charge in [-0.1, -0.05) is 23.2 Å². The largest absolute Gasteiger partial charge is 0.378 e. The molecule has 0 unspecified atom stereocenters. The summed E-state index contributed by atoms with van der Waals surface area (Å²) in [6, 6.07) is 3.19. The number of hydrogen-bond acceptors (Lipinski definition) is 3. The second kappa shape index (κ2) is 7.15. The third-order valence-corrected chi connectivity index (χ3v) is 2.87. The molecule has 1 aromatic rings. The zero-order valence-electron chi connectivity index (χ0n) is 10.3. The zero-order valence-corrected chi connectivity index (χ0v) is 11.8. The second-order valence-electron chi connectivity index (χ2n) is 3.98. The average Bonchev–Trinajstić information content (AvgIpc) is 2.35. The Morgan fingerprint density at radius 1 is 1.35 bits per heavy atom. The predicted octanol–water partition coefficient (Wildman–Crippen LogP) is 1.02. The van der Waals surface area contributed by atoms with Crippen molar-refractivity contribution in [3.05, 3.63) is 33.8 Å². The molecule has 1 aromatic carbocycles. The van der Waals surface area contributed by atoms with Crippen LogP contribution in [0, 0.1) is 12.3 Å². The lowest BCUT2D eigenvalue weighted by Gasteiger charge is -2.16. The number of aliphatic hydroxyl groups is 1. The van der Waals surface area contributed by atoms with Crippen molar-refractivity contribution in [3.63, 3.8) is 0 Å². The Morgan fingerprint density at radius 3 is 2.35 bits per heavy atom. The van der Waals surface area contributed by atoms with Gasteiger partial charge in [0, 0.05) is 16.5 Å². The number of nitrogens with one attached hydrogen (secondary N) is 1. The molecule has 106 valence electrons. The highest BCUT2D eigenvalue weighted by Gasteiger charge is 2.23. The highest BCUT2D eigenvalue weighted by atomic mass is 35.5. The summed E-state index contributed by atoms with van der Waals surface area (Å²) in [6.07, 6.45) is 3.46. The molecule has 2 atom stereocenters. The van der Waals surface area contributed by atoms with Gasteiger partial charge in [0.25, 0.3) is 5.91 Å². The first kappa shape index (κ1) is 16.3. The Hall–Kier alpha value is -1.74. The first-order chi connectivity index (χ1) is 9.35. The Kier molecular flexibility index (Phi) is 5.83. The Morgan fingerprint density at radius 2 is 1.90 bits per heavy atom. The summed E-state index contributed by atoms with van der Waals surface area (Å²) in [5.41, 5.74) is 5.28. The maximum absolute atomic E-state index is 11.8. The van der Waals surface area contributed by atoms with Crippen LogP contribution in [0.2, 0.25) is 10.0 Å². The highest BCUT2D eigenvalue weighted by Crippen LogP contribution is 2.23. The topological polar surface area (TPSA) is 92.4 Å². The molecule has 20 heavy (non-hydrogen) atoms. The number of primary amides is 1. The highest BCUT2D eigenvalue weighted by molar-refractivity contribution is 6.34. The number of carbonyl (C=O) groups excluding carboxylic acids is 2. The summed E-state index contributed by atoms with van der Waals surface area (Å²) >= 11 is 11.6. The SMILES string of the molecule is C#CC[C@H](NC(=O)[C@H](O)c1cc(Cl)cc(Cl)c1)C(N)=O. The molecule has 0 bridgehead atoms. The number of carbonyl (C=O) groups is 2. The quantitative estimate of drug-likeness (QED) is 0.708. The van der Waals surface area contributed by atoms with Crippen LogP contribution in [0.1, 0.15) is 18.1 Å². The lowest BCUT2D eigenvalue weighted by atomic mass is 10.1. The molecular weight excluding hydrogens is 303 g/mol. The zero-order chi connectivity index (χ0) is 15.3. The molecule has 0 aliphatic heterocycles. The van der Waals surface area contributed by atoms with Crippen LogP contribution >= 0.6 is 23.2 Å². The van der Waals surface area contributed by atoms with Crippen molar-refractivity contribution >= 4 is 35.0 Å². The van der Waals surface area contributed by atoms with Crippen molar-refractivity contribution in [1.82, 2.24) is 5.32 Å². The molecule has 0 saturated heterocycles. The third kappa shape index (κ3) is 4.42. The molecule has 7 heteroatoms. The van der Waals surface area contributed by atoms with E-state index in [0.29, 0.717) is 0 Å². The van der Waals surface area contributed by atoms with Gasteiger partial charge in [-0.3, -0.25) is 9.59 Å². The molecule has 0 aliphatic carbocycles. The van der Waals surface area contributed by atoms with Crippen LogP contribution < -0.4 is 11.1 Å². The van der Waals surface area contributed by atoms with E-state index in [4.69, 9.17) is 35.4 Å². The Labute approximate surface area is 126 Å². The van der Waals surface area contributed by atoms with E-state index in [2.05, 4.69) is 11.2 Å². The summed E-state index contributed by atoms with van der Waals surface area (Å²) in [6.45, 7) is 0. The molecule has 0 saturated carbocycles. The molecule has 0 spiro atoms. The van der Waals surface area contributed by atoms with Gasteiger partial charge >= 0.3 is 0 Å². The minimum Gasteiger partial charge on any atom is -0.378 e. The maximum Gasteiger partial charge on any atom is 0.254 e. The van der Waals surface area contributed by atoms with Gasteiger partial charge in [-0.2, -0.15) is 0 Å². The fourth-order valence-corrected chi connectivity index (χ4v) is 2.02.